The molecule has 0 aromatic carbocycles. The lowest BCUT2D eigenvalue weighted by Crippen LogP contribution is -2.27. The zero-order valence-corrected chi connectivity index (χ0v) is 8.64. The second-order valence-electron chi connectivity index (χ2n) is 2.89. The molecule has 0 spiro atoms. The van der Waals surface area contributed by atoms with Crippen molar-refractivity contribution in [1.82, 2.24) is 0 Å². The molecule has 0 aromatic heterocycles. The van der Waals surface area contributed by atoms with Gasteiger partial charge in [0.25, 0.3) is 0 Å². The normalized spacial score (nSPS) is 12.1. The molecule has 0 radical (unpaired) electrons. The summed E-state index contributed by atoms with van der Waals surface area (Å²) in [6.45, 7) is 2.80. The minimum Gasteiger partial charge on any atom is -0.481 e. The number of hydrogen-bond acceptors (Lipinski definition) is 5. The predicted molar refractivity (Wildman–Crippen MR) is 50.3 cm³/mol. The Kier molecular flexibility index (Phi) is 7.57. The van der Waals surface area contributed by atoms with Gasteiger partial charge in [-0.2, -0.15) is 0 Å². The van der Waals surface area contributed by atoms with E-state index in [4.69, 9.17) is 14.9 Å². The van der Waals surface area contributed by atoms with E-state index in [9.17, 15) is 9.59 Å². The fraction of sp³-hybridized carbons (Fsp3) is 0.778. The number of aliphatic carboxylic acids is 1. The molecular weight excluding hydrogens is 204 g/mol. The fourth-order valence-electron chi connectivity index (χ4n) is 0.793. The van der Waals surface area contributed by atoms with Crippen LogP contribution in [0.2, 0.25) is 0 Å². The average molecular weight is 220 g/mol. The van der Waals surface area contributed by atoms with Gasteiger partial charge >= 0.3 is 11.9 Å². The molecule has 6 nitrogen and oxygen atoms in total. The monoisotopic (exact) mass is 220 g/mol. The van der Waals surface area contributed by atoms with Crippen LogP contribution < -0.4 is 0 Å². The van der Waals surface area contributed by atoms with E-state index in [-0.39, 0.29) is 13.2 Å². The molecule has 88 valence electrons. The van der Waals surface area contributed by atoms with Crippen molar-refractivity contribution in [3.8, 4) is 0 Å². The molecule has 1 atom stereocenters. The Morgan fingerprint density at radius 2 is 1.93 bits per heavy atom. The molecule has 0 heterocycles. The van der Waals surface area contributed by atoms with Gasteiger partial charge in [0.2, 0.25) is 0 Å². The van der Waals surface area contributed by atoms with Crippen molar-refractivity contribution in [2.75, 3.05) is 19.8 Å². The fourth-order valence-corrected chi connectivity index (χ4v) is 0.793. The van der Waals surface area contributed by atoms with E-state index in [1.54, 1.807) is 0 Å². The molecule has 0 fully saturated rings. The lowest BCUT2D eigenvalue weighted by molar-refractivity contribution is -0.159. The van der Waals surface area contributed by atoms with Crippen LogP contribution in [0.25, 0.3) is 0 Å². The molecule has 15 heavy (non-hydrogen) atoms. The maximum atomic E-state index is 10.9. The lowest BCUT2D eigenvalue weighted by Gasteiger charge is -2.08. The van der Waals surface area contributed by atoms with E-state index in [1.807, 2.05) is 6.92 Å². The van der Waals surface area contributed by atoms with Crippen LogP contribution in [0.3, 0.4) is 0 Å². The lowest BCUT2D eigenvalue weighted by atomic mass is 10.2. The highest BCUT2D eigenvalue weighted by molar-refractivity contribution is 5.80. The third-order valence-corrected chi connectivity index (χ3v) is 1.46. The van der Waals surface area contributed by atoms with E-state index >= 15 is 0 Å². The Labute approximate surface area is 87.8 Å². The van der Waals surface area contributed by atoms with Crippen LogP contribution >= 0.6 is 0 Å². The van der Waals surface area contributed by atoms with Gasteiger partial charge in [0.15, 0.2) is 6.10 Å². The van der Waals surface area contributed by atoms with Crippen LogP contribution in [0, 0.1) is 0 Å². The number of carbonyl (C=O) groups excluding carboxylic acids is 1. The van der Waals surface area contributed by atoms with Crippen molar-refractivity contribution in [2.45, 2.75) is 25.9 Å². The first-order valence-corrected chi connectivity index (χ1v) is 4.72. The maximum absolute atomic E-state index is 10.9. The molecule has 0 saturated heterocycles. The summed E-state index contributed by atoms with van der Waals surface area (Å²) in [6.07, 6.45) is -1.38. The minimum absolute atomic E-state index is 0.0233. The number of aliphatic hydroxyl groups is 1. The van der Waals surface area contributed by atoms with Gasteiger partial charge in [-0.15, -0.1) is 0 Å². The van der Waals surface area contributed by atoms with Crippen molar-refractivity contribution < 1.29 is 29.3 Å². The molecule has 2 N–H and O–H groups in total. The van der Waals surface area contributed by atoms with Gasteiger partial charge in [-0.3, -0.25) is 4.79 Å². The van der Waals surface area contributed by atoms with Crippen LogP contribution in [0.5, 0.6) is 0 Å². The van der Waals surface area contributed by atoms with Crippen LogP contribution in [-0.4, -0.2) is 48.1 Å². The van der Waals surface area contributed by atoms with Crippen molar-refractivity contribution >= 4 is 11.9 Å². The topological polar surface area (TPSA) is 93.1 Å². The third-order valence-electron chi connectivity index (χ3n) is 1.46. The zero-order valence-electron chi connectivity index (χ0n) is 8.64. The Morgan fingerprint density at radius 1 is 1.27 bits per heavy atom. The van der Waals surface area contributed by atoms with Crippen LogP contribution in [-0.2, 0) is 19.1 Å². The molecular formula is C9H16O6. The van der Waals surface area contributed by atoms with E-state index in [0.29, 0.717) is 6.61 Å². The molecule has 0 saturated carbocycles. The van der Waals surface area contributed by atoms with Gasteiger partial charge in [0.05, 0.1) is 13.0 Å². The molecule has 0 amide bonds. The zero-order chi connectivity index (χ0) is 11.7. The number of carboxylic acid groups (broad SMARTS) is 1. The van der Waals surface area contributed by atoms with Gasteiger partial charge in [-0.05, 0) is 6.42 Å². The summed E-state index contributed by atoms with van der Waals surface area (Å²) in [5.41, 5.74) is 0. The van der Waals surface area contributed by atoms with Crippen LogP contribution in [0.1, 0.15) is 19.8 Å². The largest absolute Gasteiger partial charge is 0.481 e. The summed E-state index contributed by atoms with van der Waals surface area (Å²) in [4.78, 5) is 21.1. The molecule has 6 heteroatoms. The number of aliphatic hydroxyl groups excluding tert-OH is 1. The van der Waals surface area contributed by atoms with Crippen LogP contribution in [0.15, 0.2) is 0 Å². The SMILES string of the molecule is CCCOCCOC(=O)C(O)CC(=O)O. The molecule has 0 bridgehead atoms. The second-order valence-corrected chi connectivity index (χ2v) is 2.89. The molecule has 0 rings (SSSR count). The first-order valence-electron chi connectivity index (χ1n) is 4.72. The molecule has 0 aromatic rings. The quantitative estimate of drug-likeness (QED) is 0.434. The van der Waals surface area contributed by atoms with Gasteiger partial charge in [0, 0.05) is 6.61 Å². The van der Waals surface area contributed by atoms with Crippen molar-refractivity contribution in [3.63, 3.8) is 0 Å². The summed E-state index contributed by atoms with van der Waals surface area (Å²) < 4.78 is 9.59. The Bertz CT molecular complexity index is 203. The average Bonchev–Trinajstić information content (AvgIpc) is 2.16. The van der Waals surface area contributed by atoms with Gasteiger partial charge in [-0.25, -0.2) is 4.79 Å². The first-order chi connectivity index (χ1) is 7.07. The number of hydrogen-bond donors (Lipinski definition) is 2. The summed E-state index contributed by atoms with van der Waals surface area (Å²) in [7, 11) is 0. The third kappa shape index (κ3) is 7.90. The maximum Gasteiger partial charge on any atom is 0.335 e. The van der Waals surface area contributed by atoms with E-state index in [2.05, 4.69) is 4.74 Å². The van der Waals surface area contributed by atoms with Crippen molar-refractivity contribution in [2.24, 2.45) is 0 Å². The van der Waals surface area contributed by atoms with E-state index in [1.165, 1.54) is 0 Å². The number of carbonyl (C=O) groups is 2. The number of rotatable bonds is 8. The summed E-state index contributed by atoms with van der Waals surface area (Å²) in [6, 6.07) is 0. The first kappa shape index (κ1) is 13.9. The standard InChI is InChI=1S/C9H16O6/c1-2-3-14-4-5-15-9(13)7(10)6-8(11)12/h7,10H,2-6H2,1H3,(H,11,12). The Morgan fingerprint density at radius 3 is 2.47 bits per heavy atom. The van der Waals surface area contributed by atoms with Crippen LogP contribution in [0.4, 0.5) is 0 Å². The summed E-state index contributed by atoms with van der Waals surface area (Å²) in [5, 5.41) is 17.3. The van der Waals surface area contributed by atoms with Crippen molar-refractivity contribution in [1.29, 1.82) is 0 Å². The smallest absolute Gasteiger partial charge is 0.335 e. The second kappa shape index (κ2) is 8.19. The molecule has 0 aliphatic rings. The number of ether oxygens (including phenoxy) is 2. The van der Waals surface area contributed by atoms with Gasteiger partial charge in [0.1, 0.15) is 6.61 Å². The van der Waals surface area contributed by atoms with E-state index in [0.717, 1.165) is 6.42 Å². The highest BCUT2D eigenvalue weighted by Gasteiger charge is 2.19. The Hall–Kier alpha value is -1.14. The van der Waals surface area contributed by atoms with Crippen molar-refractivity contribution in [3.05, 3.63) is 0 Å². The predicted octanol–water partition coefficient (Wildman–Crippen LogP) is -0.208. The number of esters is 1. The molecule has 0 aliphatic carbocycles. The minimum atomic E-state index is -1.60. The highest BCUT2D eigenvalue weighted by atomic mass is 16.6. The number of carboxylic acids is 1. The van der Waals surface area contributed by atoms with E-state index < -0.39 is 24.5 Å². The van der Waals surface area contributed by atoms with Gasteiger partial charge < -0.3 is 19.7 Å². The summed E-state index contributed by atoms with van der Waals surface area (Å²) in [5.74, 6) is -2.18. The Balaban J connectivity index is 3.51. The highest BCUT2D eigenvalue weighted by Crippen LogP contribution is 1.95. The summed E-state index contributed by atoms with van der Waals surface area (Å²) >= 11 is 0. The molecule has 0 aliphatic heterocycles. The van der Waals surface area contributed by atoms with Gasteiger partial charge in [-0.1, -0.05) is 6.92 Å². The molecule has 1 unspecified atom stereocenters.